The van der Waals surface area contributed by atoms with Crippen LogP contribution in [-0.2, 0) is 19.6 Å². The number of nitrogens with zero attached hydrogens (tertiary/aromatic N) is 2. The molecule has 0 saturated carbocycles. The van der Waals surface area contributed by atoms with Crippen molar-refractivity contribution >= 4 is 12.4 Å². The Morgan fingerprint density at radius 2 is 1.89 bits per heavy atom. The van der Waals surface area contributed by atoms with Crippen LogP contribution in [0.3, 0.4) is 0 Å². The summed E-state index contributed by atoms with van der Waals surface area (Å²) in [4.78, 5) is 0. The summed E-state index contributed by atoms with van der Waals surface area (Å²) in [6, 6.07) is 10.4. The lowest BCUT2D eigenvalue weighted by Crippen LogP contribution is -2.16. The molecule has 0 bridgehead atoms. The quantitative estimate of drug-likeness (QED) is 0.901. The second-order valence-corrected chi connectivity index (χ2v) is 4.18. The van der Waals surface area contributed by atoms with Crippen LogP contribution in [0.15, 0.2) is 36.5 Å². The molecular weight excluding hydrogens is 246 g/mol. The largest absolute Gasteiger partial charge is 0.307 e. The third-order valence-corrected chi connectivity index (χ3v) is 2.92. The van der Waals surface area contributed by atoms with Gasteiger partial charge >= 0.3 is 0 Å². The van der Waals surface area contributed by atoms with Crippen molar-refractivity contribution in [1.29, 1.82) is 0 Å². The van der Waals surface area contributed by atoms with E-state index >= 15 is 0 Å². The van der Waals surface area contributed by atoms with Crippen LogP contribution in [0.2, 0.25) is 0 Å². The van der Waals surface area contributed by atoms with Crippen LogP contribution in [0, 0.1) is 6.92 Å². The Hall–Kier alpha value is -1.32. The van der Waals surface area contributed by atoms with Crippen LogP contribution >= 0.6 is 12.4 Å². The molecule has 98 valence electrons. The molecule has 1 heterocycles. The van der Waals surface area contributed by atoms with Crippen molar-refractivity contribution in [2.75, 3.05) is 0 Å². The molecule has 0 aliphatic carbocycles. The first-order valence-corrected chi connectivity index (χ1v) is 6.07. The number of aryl methyl sites for hydroxylation is 2. The topological polar surface area (TPSA) is 29.9 Å². The fourth-order valence-corrected chi connectivity index (χ4v) is 1.93. The second-order valence-electron chi connectivity index (χ2n) is 4.18. The van der Waals surface area contributed by atoms with Crippen LogP contribution in [-0.4, -0.2) is 9.78 Å². The first-order chi connectivity index (χ1) is 8.31. The number of hydrogen-bond donors (Lipinski definition) is 1. The van der Waals surface area contributed by atoms with Gasteiger partial charge in [0.2, 0.25) is 0 Å². The van der Waals surface area contributed by atoms with Crippen LogP contribution < -0.4 is 5.32 Å². The summed E-state index contributed by atoms with van der Waals surface area (Å²) in [7, 11) is 0. The summed E-state index contributed by atoms with van der Waals surface area (Å²) in [5, 5.41) is 7.80. The summed E-state index contributed by atoms with van der Waals surface area (Å²) in [5.41, 5.74) is 3.85. The van der Waals surface area contributed by atoms with Crippen molar-refractivity contribution in [3.63, 3.8) is 0 Å². The van der Waals surface area contributed by atoms with Gasteiger partial charge in [0.25, 0.3) is 0 Å². The van der Waals surface area contributed by atoms with Crippen molar-refractivity contribution in [3.8, 4) is 0 Å². The van der Waals surface area contributed by atoms with E-state index in [0.29, 0.717) is 0 Å². The molecule has 2 rings (SSSR count). The van der Waals surface area contributed by atoms with E-state index in [1.807, 2.05) is 16.9 Å². The van der Waals surface area contributed by atoms with E-state index in [0.717, 1.165) is 19.6 Å². The fraction of sp³-hybridized carbons (Fsp3) is 0.357. The minimum absolute atomic E-state index is 0. The Morgan fingerprint density at radius 1 is 1.17 bits per heavy atom. The van der Waals surface area contributed by atoms with Crippen LogP contribution in [0.25, 0.3) is 0 Å². The van der Waals surface area contributed by atoms with Crippen molar-refractivity contribution in [1.82, 2.24) is 15.1 Å². The van der Waals surface area contributed by atoms with E-state index in [1.165, 1.54) is 16.8 Å². The highest BCUT2D eigenvalue weighted by molar-refractivity contribution is 5.85. The first kappa shape index (κ1) is 14.7. The maximum atomic E-state index is 4.34. The van der Waals surface area contributed by atoms with E-state index < -0.39 is 0 Å². The van der Waals surface area contributed by atoms with Gasteiger partial charge in [0.05, 0.1) is 11.9 Å². The monoisotopic (exact) mass is 265 g/mol. The Morgan fingerprint density at radius 3 is 2.56 bits per heavy atom. The maximum Gasteiger partial charge on any atom is 0.0551 e. The lowest BCUT2D eigenvalue weighted by atomic mass is 10.2. The summed E-state index contributed by atoms with van der Waals surface area (Å²) in [5.74, 6) is 0. The zero-order chi connectivity index (χ0) is 12.1. The van der Waals surface area contributed by atoms with E-state index in [1.54, 1.807) is 0 Å². The average molecular weight is 266 g/mol. The Balaban J connectivity index is 0.00000162. The number of aromatic nitrogens is 2. The summed E-state index contributed by atoms with van der Waals surface area (Å²) < 4.78 is 2.05. The number of halogens is 1. The van der Waals surface area contributed by atoms with Gasteiger partial charge in [-0.2, -0.15) is 5.10 Å². The molecule has 0 saturated heterocycles. The molecule has 0 atom stereocenters. The number of nitrogens with one attached hydrogen (secondary N) is 1. The summed E-state index contributed by atoms with van der Waals surface area (Å²) in [6.07, 6.45) is 1.93. The molecular formula is C14H20ClN3. The lowest BCUT2D eigenvalue weighted by molar-refractivity contribution is 0.580. The molecule has 0 aliphatic rings. The van der Waals surface area contributed by atoms with Gasteiger partial charge in [0, 0.05) is 19.6 Å². The summed E-state index contributed by atoms with van der Waals surface area (Å²) in [6.45, 7) is 6.92. The molecule has 3 nitrogen and oxygen atoms in total. The predicted octanol–water partition coefficient (Wildman–Crippen LogP) is 2.92. The number of benzene rings is 1. The van der Waals surface area contributed by atoms with Crippen LogP contribution in [0.5, 0.6) is 0 Å². The Bertz CT molecular complexity index is 465. The number of rotatable bonds is 5. The predicted molar refractivity (Wildman–Crippen MR) is 76.9 cm³/mol. The SMILES string of the molecule is CCn1ncc(C)c1CNCc1ccccc1.Cl. The van der Waals surface area contributed by atoms with Crippen LogP contribution in [0.1, 0.15) is 23.7 Å². The summed E-state index contributed by atoms with van der Waals surface area (Å²) >= 11 is 0. The third-order valence-electron chi connectivity index (χ3n) is 2.92. The Kier molecular flexibility index (Phi) is 5.89. The molecule has 18 heavy (non-hydrogen) atoms. The molecule has 0 radical (unpaired) electrons. The second kappa shape index (κ2) is 7.19. The van der Waals surface area contributed by atoms with E-state index in [4.69, 9.17) is 0 Å². The van der Waals surface area contributed by atoms with Crippen LogP contribution in [0.4, 0.5) is 0 Å². The Labute approximate surface area is 115 Å². The van der Waals surface area contributed by atoms with Gasteiger partial charge in [-0.15, -0.1) is 12.4 Å². The van der Waals surface area contributed by atoms with Crippen molar-refractivity contribution in [2.24, 2.45) is 0 Å². The highest BCUT2D eigenvalue weighted by Gasteiger charge is 2.04. The van der Waals surface area contributed by atoms with Gasteiger partial charge in [-0.25, -0.2) is 0 Å². The van der Waals surface area contributed by atoms with Crippen molar-refractivity contribution < 1.29 is 0 Å². The molecule has 2 aromatic rings. The van der Waals surface area contributed by atoms with Gasteiger partial charge in [0.15, 0.2) is 0 Å². The molecule has 1 aromatic heterocycles. The van der Waals surface area contributed by atoms with E-state index in [-0.39, 0.29) is 12.4 Å². The first-order valence-electron chi connectivity index (χ1n) is 6.07. The van der Waals surface area contributed by atoms with Gasteiger partial charge < -0.3 is 5.32 Å². The molecule has 1 N–H and O–H groups in total. The highest BCUT2D eigenvalue weighted by atomic mass is 35.5. The molecule has 0 amide bonds. The molecule has 1 aromatic carbocycles. The van der Waals surface area contributed by atoms with Crippen molar-refractivity contribution in [3.05, 3.63) is 53.3 Å². The van der Waals surface area contributed by atoms with Gasteiger partial charge in [-0.05, 0) is 25.0 Å². The minimum Gasteiger partial charge on any atom is -0.307 e. The minimum atomic E-state index is 0. The zero-order valence-electron chi connectivity index (χ0n) is 10.9. The maximum absolute atomic E-state index is 4.34. The van der Waals surface area contributed by atoms with E-state index in [9.17, 15) is 0 Å². The smallest absolute Gasteiger partial charge is 0.0551 e. The third kappa shape index (κ3) is 3.59. The van der Waals surface area contributed by atoms with Crippen molar-refractivity contribution in [2.45, 2.75) is 33.5 Å². The standard InChI is InChI=1S/C14H19N3.ClH/c1-3-17-14(12(2)9-16-17)11-15-10-13-7-5-4-6-8-13;/h4-9,15H,3,10-11H2,1-2H3;1H. The van der Waals surface area contributed by atoms with Gasteiger partial charge in [-0.1, -0.05) is 30.3 Å². The fourth-order valence-electron chi connectivity index (χ4n) is 1.93. The highest BCUT2D eigenvalue weighted by Crippen LogP contribution is 2.07. The normalized spacial score (nSPS) is 10.1. The number of hydrogen-bond acceptors (Lipinski definition) is 2. The average Bonchev–Trinajstić information content (AvgIpc) is 2.72. The van der Waals surface area contributed by atoms with Gasteiger partial charge in [-0.3, -0.25) is 4.68 Å². The van der Waals surface area contributed by atoms with Gasteiger partial charge in [0.1, 0.15) is 0 Å². The zero-order valence-corrected chi connectivity index (χ0v) is 11.7. The molecule has 4 heteroatoms. The molecule has 0 fully saturated rings. The van der Waals surface area contributed by atoms with E-state index in [2.05, 4.69) is 48.5 Å². The molecule has 0 unspecified atom stereocenters. The lowest BCUT2D eigenvalue weighted by Gasteiger charge is -2.08. The molecule has 0 spiro atoms. The molecule has 0 aliphatic heterocycles.